The van der Waals surface area contributed by atoms with Gasteiger partial charge in [0.2, 0.25) is 5.91 Å². The predicted molar refractivity (Wildman–Crippen MR) is 97.7 cm³/mol. The van der Waals surface area contributed by atoms with Gasteiger partial charge in [0.05, 0.1) is 0 Å². The molecule has 0 bridgehead atoms. The number of nitrogens with one attached hydrogen (secondary N) is 1. The third-order valence-corrected chi connectivity index (χ3v) is 4.49. The average Bonchev–Trinajstić information content (AvgIpc) is 2.62. The van der Waals surface area contributed by atoms with Gasteiger partial charge in [-0.1, -0.05) is 36.4 Å². The van der Waals surface area contributed by atoms with Crippen LogP contribution < -0.4 is 10.2 Å². The molecule has 0 saturated heterocycles. The lowest BCUT2D eigenvalue weighted by Gasteiger charge is -2.36. The molecule has 1 heterocycles. The average molecular weight is 338 g/mol. The van der Waals surface area contributed by atoms with Crippen LogP contribution in [0.1, 0.15) is 17.5 Å². The van der Waals surface area contributed by atoms with Crippen molar-refractivity contribution in [2.24, 2.45) is 0 Å². The molecule has 5 heteroatoms. The summed E-state index contributed by atoms with van der Waals surface area (Å²) in [6.07, 6.45) is 1.35. The lowest BCUT2D eigenvalue weighted by atomic mass is 9.95. The van der Waals surface area contributed by atoms with E-state index in [9.17, 15) is 9.59 Å². The molecule has 1 N–H and O–H groups in total. The van der Waals surface area contributed by atoms with E-state index in [0.717, 1.165) is 28.9 Å². The van der Waals surface area contributed by atoms with Crippen molar-refractivity contribution >= 4 is 23.2 Å². The number of para-hydroxylation sites is 2. The summed E-state index contributed by atoms with van der Waals surface area (Å²) < 4.78 is 5.01. The topological polar surface area (TPSA) is 58.6 Å². The Labute approximate surface area is 147 Å². The van der Waals surface area contributed by atoms with Crippen molar-refractivity contribution in [3.8, 4) is 0 Å². The van der Waals surface area contributed by atoms with E-state index in [4.69, 9.17) is 4.74 Å². The highest BCUT2D eigenvalue weighted by Gasteiger charge is 2.35. The van der Waals surface area contributed by atoms with Crippen molar-refractivity contribution in [1.29, 1.82) is 0 Å². The van der Waals surface area contributed by atoms with Gasteiger partial charge in [-0.25, -0.2) is 0 Å². The number of carbonyl (C=O) groups is 2. The van der Waals surface area contributed by atoms with Gasteiger partial charge >= 0.3 is 0 Å². The van der Waals surface area contributed by atoms with Gasteiger partial charge < -0.3 is 10.1 Å². The van der Waals surface area contributed by atoms with Crippen LogP contribution in [0.3, 0.4) is 0 Å². The van der Waals surface area contributed by atoms with Crippen LogP contribution in [0.15, 0.2) is 48.5 Å². The molecule has 2 amide bonds. The van der Waals surface area contributed by atoms with E-state index in [1.54, 1.807) is 4.90 Å². The van der Waals surface area contributed by atoms with Crippen molar-refractivity contribution in [2.75, 3.05) is 23.9 Å². The minimum Gasteiger partial charge on any atom is -0.375 e. The monoisotopic (exact) mass is 338 g/mol. The Morgan fingerprint density at radius 1 is 1.16 bits per heavy atom. The van der Waals surface area contributed by atoms with E-state index in [1.165, 1.54) is 7.11 Å². The summed E-state index contributed by atoms with van der Waals surface area (Å²) in [6.45, 7) is 1.89. The second-order valence-electron chi connectivity index (χ2n) is 6.18. The van der Waals surface area contributed by atoms with Gasteiger partial charge in [0.1, 0.15) is 12.6 Å². The maximum atomic E-state index is 12.9. The minimum atomic E-state index is -0.544. The molecule has 2 aromatic carbocycles. The lowest BCUT2D eigenvalue weighted by molar-refractivity contribution is -0.126. The van der Waals surface area contributed by atoms with Crippen molar-refractivity contribution in [1.82, 2.24) is 0 Å². The number of carbonyl (C=O) groups excluding carboxylic acids is 2. The second-order valence-corrected chi connectivity index (χ2v) is 6.18. The quantitative estimate of drug-likeness (QED) is 0.932. The van der Waals surface area contributed by atoms with E-state index < -0.39 is 6.04 Å². The Morgan fingerprint density at radius 2 is 1.88 bits per heavy atom. The van der Waals surface area contributed by atoms with Crippen LogP contribution in [0.5, 0.6) is 0 Å². The molecule has 0 radical (unpaired) electrons. The van der Waals surface area contributed by atoms with Crippen molar-refractivity contribution in [3.63, 3.8) is 0 Å². The van der Waals surface area contributed by atoms with Crippen LogP contribution in [0, 0.1) is 6.92 Å². The molecule has 1 aliphatic rings. The van der Waals surface area contributed by atoms with E-state index in [-0.39, 0.29) is 18.4 Å². The van der Waals surface area contributed by atoms with Gasteiger partial charge in [0.25, 0.3) is 5.91 Å². The molecular formula is C20H22N2O3. The zero-order chi connectivity index (χ0) is 17.8. The first-order valence-corrected chi connectivity index (χ1v) is 8.37. The molecule has 1 atom stereocenters. The van der Waals surface area contributed by atoms with Crippen molar-refractivity contribution in [2.45, 2.75) is 25.8 Å². The fourth-order valence-corrected chi connectivity index (χ4v) is 3.23. The van der Waals surface area contributed by atoms with Gasteiger partial charge in [-0.2, -0.15) is 0 Å². The highest BCUT2D eigenvalue weighted by molar-refractivity contribution is 6.06. The smallest absolute Gasteiger partial charge is 0.253 e. The fraction of sp³-hybridized carbons (Fsp3) is 0.300. The number of rotatable bonds is 4. The number of hydrogen-bond donors (Lipinski definition) is 1. The number of hydrogen-bond acceptors (Lipinski definition) is 3. The minimum absolute atomic E-state index is 0.0531. The Kier molecular flexibility index (Phi) is 5.14. The zero-order valence-electron chi connectivity index (χ0n) is 14.5. The Hall–Kier alpha value is -2.66. The van der Waals surface area contributed by atoms with Gasteiger partial charge in [0.15, 0.2) is 0 Å². The molecule has 1 aliphatic heterocycles. The molecule has 0 unspecified atom stereocenters. The summed E-state index contributed by atoms with van der Waals surface area (Å²) in [4.78, 5) is 27.1. The van der Waals surface area contributed by atoms with E-state index in [0.29, 0.717) is 6.42 Å². The molecule has 2 aromatic rings. The molecule has 0 spiro atoms. The van der Waals surface area contributed by atoms with E-state index >= 15 is 0 Å². The second kappa shape index (κ2) is 7.49. The predicted octanol–water partition coefficient (Wildman–Crippen LogP) is 2.93. The number of nitrogens with zero attached hydrogens (tertiary/aromatic N) is 1. The number of benzene rings is 2. The number of ether oxygens (including phenoxy) is 1. The van der Waals surface area contributed by atoms with Crippen LogP contribution >= 0.6 is 0 Å². The number of anilines is 2. The number of methoxy groups -OCH3 is 1. The summed E-state index contributed by atoms with van der Waals surface area (Å²) in [5, 5.41) is 2.96. The van der Waals surface area contributed by atoms with Gasteiger partial charge in [-0.3, -0.25) is 14.5 Å². The molecule has 0 aromatic heterocycles. The van der Waals surface area contributed by atoms with Crippen LogP contribution in [0.2, 0.25) is 0 Å². The van der Waals surface area contributed by atoms with Crippen LogP contribution in [-0.2, 0) is 20.7 Å². The highest BCUT2D eigenvalue weighted by Crippen LogP contribution is 2.31. The third kappa shape index (κ3) is 3.56. The molecule has 0 aliphatic carbocycles. The molecular weight excluding hydrogens is 316 g/mol. The van der Waals surface area contributed by atoms with Crippen LogP contribution in [-0.4, -0.2) is 31.6 Å². The van der Waals surface area contributed by atoms with E-state index in [2.05, 4.69) is 5.32 Å². The first kappa shape index (κ1) is 17.2. The SMILES string of the molecule is COCC(=O)N1c2ccccc2CC[C@H]1C(=O)Nc1ccccc1C. The maximum absolute atomic E-state index is 12.9. The van der Waals surface area contributed by atoms with Crippen molar-refractivity contribution in [3.05, 3.63) is 59.7 Å². The number of amides is 2. The van der Waals surface area contributed by atoms with Crippen molar-refractivity contribution < 1.29 is 14.3 Å². The summed E-state index contributed by atoms with van der Waals surface area (Å²) in [5.41, 5.74) is 3.62. The molecule has 0 saturated carbocycles. The van der Waals surface area contributed by atoms with Gasteiger partial charge in [-0.15, -0.1) is 0 Å². The van der Waals surface area contributed by atoms with Gasteiger partial charge in [-0.05, 0) is 43.0 Å². The summed E-state index contributed by atoms with van der Waals surface area (Å²) >= 11 is 0. The van der Waals surface area contributed by atoms with E-state index in [1.807, 2.05) is 55.5 Å². The molecule has 5 nitrogen and oxygen atoms in total. The normalized spacial score (nSPS) is 16.2. The summed E-state index contributed by atoms with van der Waals surface area (Å²) in [7, 11) is 1.48. The maximum Gasteiger partial charge on any atom is 0.253 e. The first-order chi connectivity index (χ1) is 12.1. The summed E-state index contributed by atoms with van der Waals surface area (Å²) in [5.74, 6) is -0.382. The molecule has 130 valence electrons. The number of aryl methyl sites for hydroxylation is 2. The highest BCUT2D eigenvalue weighted by atomic mass is 16.5. The zero-order valence-corrected chi connectivity index (χ0v) is 14.5. The molecule has 0 fully saturated rings. The summed E-state index contributed by atoms with van der Waals surface area (Å²) in [6, 6.07) is 14.8. The third-order valence-electron chi connectivity index (χ3n) is 4.49. The Morgan fingerprint density at radius 3 is 2.64 bits per heavy atom. The Balaban J connectivity index is 1.90. The van der Waals surface area contributed by atoms with Crippen LogP contribution in [0.25, 0.3) is 0 Å². The van der Waals surface area contributed by atoms with Gasteiger partial charge in [0, 0.05) is 18.5 Å². The van der Waals surface area contributed by atoms with Crippen LogP contribution in [0.4, 0.5) is 11.4 Å². The molecule has 3 rings (SSSR count). The standard InChI is InChI=1S/C20H22N2O3/c1-14-7-3-5-9-16(14)21-20(24)18-12-11-15-8-4-6-10-17(15)22(18)19(23)13-25-2/h3-10,18H,11-13H2,1-2H3,(H,21,24)/t18-/m0/s1. The largest absolute Gasteiger partial charge is 0.375 e. The Bertz CT molecular complexity index is 788. The number of fused-ring (bicyclic) bond motifs is 1. The lowest BCUT2D eigenvalue weighted by Crippen LogP contribution is -2.51. The fourth-order valence-electron chi connectivity index (χ4n) is 3.23. The first-order valence-electron chi connectivity index (χ1n) is 8.37. The molecule has 25 heavy (non-hydrogen) atoms.